The molecule has 2 heterocycles. The van der Waals surface area contributed by atoms with E-state index in [0.717, 1.165) is 21.8 Å². The van der Waals surface area contributed by atoms with Crippen molar-refractivity contribution in [2.24, 2.45) is 0 Å². The third-order valence-electron chi connectivity index (χ3n) is 5.35. The number of benzene rings is 2. The number of aromatic nitrogens is 1. The molecular formula is C22H22ClN3O3S2. The SMILES string of the molecule is CCN(CC)S(=O)(=O)c1ccc2c(c1)CCN2C(=O)c1csc(-c2ccc(Cl)cc2)n1. The van der Waals surface area contributed by atoms with Crippen LogP contribution in [0.2, 0.25) is 5.02 Å². The van der Waals surface area contributed by atoms with Crippen molar-refractivity contribution in [1.29, 1.82) is 0 Å². The van der Waals surface area contributed by atoms with E-state index < -0.39 is 10.0 Å². The molecule has 0 saturated heterocycles. The number of fused-ring (bicyclic) bond motifs is 1. The van der Waals surface area contributed by atoms with Gasteiger partial charge in [0.1, 0.15) is 10.7 Å². The average molecular weight is 476 g/mol. The molecule has 2 aromatic carbocycles. The van der Waals surface area contributed by atoms with E-state index in [1.54, 1.807) is 40.6 Å². The van der Waals surface area contributed by atoms with Crippen LogP contribution in [-0.2, 0) is 16.4 Å². The molecule has 6 nitrogen and oxygen atoms in total. The van der Waals surface area contributed by atoms with Crippen molar-refractivity contribution in [1.82, 2.24) is 9.29 Å². The molecule has 31 heavy (non-hydrogen) atoms. The van der Waals surface area contributed by atoms with Gasteiger partial charge in [0.15, 0.2) is 0 Å². The number of sulfonamides is 1. The van der Waals surface area contributed by atoms with Gasteiger partial charge >= 0.3 is 0 Å². The molecule has 9 heteroatoms. The molecule has 0 N–H and O–H groups in total. The van der Waals surface area contributed by atoms with Crippen LogP contribution in [0.3, 0.4) is 0 Å². The van der Waals surface area contributed by atoms with E-state index in [-0.39, 0.29) is 10.8 Å². The lowest BCUT2D eigenvalue weighted by Crippen LogP contribution is -2.31. The van der Waals surface area contributed by atoms with Crippen LogP contribution >= 0.6 is 22.9 Å². The van der Waals surface area contributed by atoms with Crippen LogP contribution in [-0.4, -0.2) is 43.2 Å². The number of thiazole rings is 1. The Labute approximate surface area is 191 Å². The Morgan fingerprint density at radius 3 is 2.55 bits per heavy atom. The van der Waals surface area contributed by atoms with Crippen LogP contribution in [0.4, 0.5) is 5.69 Å². The lowest BCUT2D eigenvalue weighted by atomic mass is 10.2. The number of halogens is 1. The van der Waals surface area contributed by atoms with Gasteiger partial charge in [-0.05, 0) is 42.3 Å². The Kier molecular flexibility index (Phi) is 6.16. The summed E-state index contributed by atoms with van der Waals surface area (Å²) in [4.78, 5) is 19.6. The second kappa shape index (κ2) is 8.70. The smallest absolute Gasteiger partial charge is 0.277 e. The summed E-state index contributed by atoms with van der Waals surface area (Å²) in [5, 5.41) is 3.15. The third kappa shape index (κ3) is 4.13. The number of anilines is 1. The summed E-state index contributed by atoms with van der Waals surface area (Å²) < 4.78 is 27.1. The molecule has 3 aromatic rings. The zero-order valence-corrected chi connectivity index (χ0v) is 19.6. The number of carbonyl (C=O) groups excluding carboxylic acids is 1. The standard InChI is InChI=1S/C22H22ClN3O3S2/c1-3-25(4-2)31(28,29)18-9-10-20-16(13-18)11-12-26(20)22(27)19-14-30-21(24-19)15-5-7-17(23)8-6-15/h5-10,13-14H,3-4,11-12H2,1-2H3. The molecule has 0 spiro atoms. The summed E-state index contributed by atoms with van der Waals surface area (Å²) >= 11 is 7.35. The summed E-state index contributed by atoms with van der Waals surface area (Å²) in [7, 11) is -3.53. The predicted octanol–water partition coefficient (Wildman–Crippen LogP) is 4.70. The first-order chi connectivity index (χ1) is 14.8. The van der Waals surface area contributed by atoms with Gasteiger partial charge in [0, 0.05) is 41.3 Å². The number of carbonyl (C=O) groups is 1. The largest absolute Gasteiger partial charge is 0.306 e. The summed E-state index contributed by atoms with van der Waals surface area (Å²) in [5.41, 5.74) is 2.88. The van der Waals surface area contributed by atoms with Gasteiger partial charge in [-0.15, -0.1) is 11.3 Å². The average Bonchev–Trinajstić information content (AvgIpc) is 3.41. The fourth-order valence-electron chi connectivity index (χ4n) is 3.70. The van der Waals surface area contributed by atoms with E-state index in [1.165, 1.54) is 15.6 Å². The van der Waals surface area contributed by atoms with Crippen molar-refractivity contribution in [3.05, 3.63) is 64.1 Å². The summed E-state index contributed by atoms with van der Waals surface area (Å²) in [5.74, 6) is -0.186. The van der Waals surface area contributed by atoms with Gasteiger partial charge < -0.3 is 4.90 Å². The molecule has 162 valence electrons. The molecular weight excluding hydrogens is 454 g/mol. The Hall–Kier alpha value is -2.26. The molecule has 0 bridgehead atoms. The van der Waals surface area contributed by atoms with Gasteiger partial charge in [-0.2, -0.15) is 4.31 Å². The van der Waals surface area contributed by atoms with Crippen molar-refractivity contribution in [3.8, 4) is 10.6 Å². The minimum atomic E-state index is -3.53. The Bertz CT molecular complexity index is 1220. The first kappa shape index (κ1) is 22.0. The van der Waals surface area contributed by atoms with Gasteiger partial charge in [0.2, 0.25) is 10.0 Å². The molecule has 0 radical (unpaired) electrons. The van der Waals surface area contributed by atoms with Crippen LogP contribution in [0.1, 0.15) is 29.9 Å². The van der Waals surface area contributed by atoms with E-state index in [9.17, 15) is 13.2 Å². The highest BCUT2D eigenvalue weighted by molar-refractivity contribution is 7.89. The normalized spacial score (nSPS) is 13.6. The zero-order chi connectivity index (χ0) is 22.2. The van der Waals surface area contributed by atoms with Gasteiger partial charge in [-0.1, -0.05) is 37.6 Å². The van der Waals surface area contributed by atoms with E-state index in [1.807, 2.05) is 26.0 Å². The zero-order valence-electron chi connectivity index (χ0n) is 17.2. The molecule has 0 saturated carbocycles. The predicted molar refractivity (Wildman–Crippen MR) is 124 cm³/mol. The number of hydrogen-bond acceptors (Lipinski definition) is 5. The quantitative estimate of drug-likeness (QED) is 0.518. The maximum atomic E-state index is 13.1. The molecule has 0 fully saturated rings. The summed E-state index contributed by atoms with van der Waals surface area (Å²) in [6, 6.07) is 12.3. The molecule has 1 aliphatic heterocycles. The highest BCUT2D eigenvalue weighted by Crippen LogP contribution is 2.33. The minimum Gasteiger partial charge on any atom is -0.306 e. The molecule has 1 aliphatic rings. The van der Waals surface area contributed by atoms with Crippen molar-refractivity contribution in [3.63, 3.8) is 0 Å². The molecule has 1 aromatic heterocycles. The van der Waals surface area contributed by atoms with Crippen LogP contribution in [0.25, 0.3) is 10.6 Å². The maximum Gasteiger partial charge on any atom is 0.277 e. The number of nitrogens with zero attached hydrogens (tertiary/aromatic N) is 3. The van der Waals surface area contributed by atoms with Crippen molar-refractivity contribution in [2.45, 2.75) is 25.2 Å². The van der Waals surface area contributed by atoms with Gasteiger partial charge in [-0.25, -0.2) is 13.4 Å². The van der Waals surface area contributed by atoms with Crippen molar-refractivity contribution >= 4 is 44.6 Å². The van der Waals surface area contributed by atoms with Crippen LogP contribution in [0.5, 0.6) is 0 Å². The van der Waals surface area contributed by atoms with Crippen molar-refractivity contribution in [2.75, 3.05) is 24.5 Å². The molecule has 1 amide bonds. The third-order valence-corrected chi connectivity index (χ3v) is 8.54. The number of rotatable bonds is 6. The fourth-order valence-corrected chi connectivity index (χ4v) is 6.13. The number of amides is 1. The second-order valence-corrected chi connectivity index (χ2v) is 10.4. The van der Waals surface area contributed by atoms with E-state index in [2.05, 4.69) is 4.98 Å². The van der Waals surface area contributed by atoms with Crippen LogP contribution in [0.15, 0.2) is 52.7 Å². The van der Waals surface area contributed by atoms with E-state index in [4.69, 9.17) is 11.6 Å². The first-order valence-corrected chi connectivity index (χ1v) is 12.7. The Balaban J connectivity index is 1.59. The molecule has 0 atom stereocenters. The highest BCUT2D eigenvalue weighted by atomic mass is 35.5. The number of hydrogen-bond donors (Lipinski definition) is 0. The van der Waals surface area contributed by atoms with Crippen LogP contribution < -0.4 is 4.90 Å². The van der Waals surface area contributed by atoms with Gasteiger partial charge in [-0.3, -0.25) is 4.79 Å². The molecule has 0 unspecified atom stereocenters. The van der Waals surface area contributed by atoms with E-state index >= 15 is 0 Å². The maximum absolute atomic E-state index is 13.1. The monoisotopic (exact) mass is 475 g/mol. The highest BCUT2D eigenvalue weighted by Gasteiger charge is 2.30. The lowest BCUT2D eigenvalue weighted by molar-refractivity contribution is 0.0985. The lowest BCUT2D eigenvalue weighted by Gasteiger charge is -2.20. The Morgan fingerprint density at radius 1 is 1.16 bits per heavy atom. The molecule has 4 rings (SSSR count). The van der Waals surface area contributed by atoms with Gasteiger partial charge in [0.25, 0.3) is 5.91 Å². The summed E-state index contributed by atoms with van der Waals surface area (Å²) in [6.07, 6.45) is 0.608. The second-order valence-electron chi connectivity index (χ2n) is 7.13. The van der Waals surface area contributed by atoms with Crippen molar-refractivity contribution < 1.29 is 13.2 Å². The molecule has 0 aliphatic carbocycles. The Morgan fingerprint density at radius 2 is 1.87 bits per heavy atom. The van der Waals surface area contributed by atoms with E-state index in [0.29, 0.717) is 36.8 Å². The topological polar surface area (TPSA) is 70.6 Å². The van der Waals surface area contributed by atoms with Gasteiger partial charge in [0.05, 0.1) is 4.90 Å². The van der Waals surface area contributed by atoms with Crippen LogP contribution in [0, 0.1) is 0 Å². The minimum absolute atomic E-state index is 0.186. The summed E-state index contributed by atoms with van der Waals surface area (Å²) in [6.45, 7) is 4.97. The fraction of sp³-hybridized carbons (Fsp3) is 0.273. The first-order valence-electron chi connectivity index (χ1n) is 10.0.